The Balaban J connectivity index is 2.57. The van der Waals surface area contributed by atoms with Crippen molar-refractivity contribution >= 4 is 21.7 Å². The maximum Gasteiger partial charge on any atom is 0.0459 e. The third-order valence-electron chi connectivity index (χ3n) is 2.42. The van der Waals surface area contributed by atoms with Crippen LogP contribution in [0.25, 0.3) is 21.7 Å². The third kappa shape index (κ3) is 0.937. The lowest BCUT2D eigenvalue weighted by atomic mass is 10.1. The summed E-state index contributed by atoms with van der Waals surface area (Å²) in [5.41, 5.74) is 1.20. The monoisotopic (exact) mass is 167 g/mol. The van der Waals surface area contributed by atoms with Crippen molar-refractivity contribution in [2.24, 2.45) is 0 Å². The second kappa shape index (κ2) is 2.36. The summed E-state index contributed by atoms with van der Waals surface area (Å²) in [6.07, 6.45) is 1.96. The molecule has 0 saturated heterocycles. The van der Waals surface area contributed by atoms with Gasteiger partial charge in [0.1, 0.15) is 0 Å². The fourth-order valence-corrected chi connectivity index (χ4v) is 1.75. The standard InChI is InChI=1S/C12H9N/c1-3-9-7-11-5-2-6-13-12(11)8-10(9)4-1/h1-8,13H. The van der Waals surface area contributed by atoms with E-state index in [0.29, 0.717) is 0 Å². The molecule has 1 heterocycles. The van der Waals surface area contributed by atoms with Crippen molar-refractivity contribution < 1.29 is 0 Å². The van der Waals surface area contributed by atoms with E-state index in [4.69, 9.17) is 0 Å². The van der Waals surface area contributed by atoms with E-state index in [2.05, 4.69) is 41.4 Å². The van der Waals surface area contributed by atoms with Crippen LogP contribution >= 0.6 is 0 Å². The second-order valence-electron chi connectivity index (χ2n) is 3.26. The highest BCUT2D eigenvalue weighted by Crippen LogP contribution is 2.21. The van der Waals surface area contributed by atoms with E-state index in [0.717, 1.165) is 0 Å². The largest absolute Gasteiger partial charge is 0.361 e. The third-order valence-corrected chi connectivity index (χ3v) is 2.42. The van der Waals surface area contributed by atoms with Gasteiger partial charge in [0.2, 0.25) is 0 Å². The highest BCUT2D eigenvalue weighted by molar-refractivity contribution is 5.97. The zero-order valence-electron chi connectivity index (χ0n) is 7.12. The molecule has 0 saturated carbocycles. The topological polar surface area (TPSA) is 15.8 Å². The van der Waals surface area contributed by atoms with E-state index in [1.165, 1.54) is 21.7 Å². The highest BCUT2D eigenvalue weighted by atomic mass is 14.6. The van der Waals surface area contributed by atoms with Gasteiger partial charge in [0.05, 0.1) is 0 Å². The molecule has 62 valence electrons. The summed E-state index contributed by atoms with van der Waals surface area (Å²) in [6.45, 7) is 0. The number of benzene rings is 1. The molecule has 1 heteroatoms. The molecular formula is C12H9N. The van der Waals surface area contributed by atoms with Crippen molar-refractivity contribution in [2.75, 3.05) is 0 Å². The molecule has 3 rings (SSSR count). The van der Waals surface area contributed by atoms with E-state index >= 15 is 0 Å². The van der Waals surface area contributed by atoms with Gasteiger partial charge in [-0.2, -0.15) is 0 Å². The van der Waals surface area contributed by atoms with Gasteiger partial charge in [-0.1, -0.05) is 24.3 Å². The summed E-state index contributed by atoms with van der Waals surface area (Å²) >= 11 is 0. The molecule has 0 radical (unpaired) electrons. The van der Waals surface area contributed by atoms with Gasteiger partial charge in [0.15, 0.2) is 0 Å². The van der Waals surface area contributed by atoms with Crippen molar-refractivity contribution in [2.45, 2.75) is 0 Å². The lowest BCUT2D eigenvalue weighted by molar-refractivity contribution is 1.42. The summed E-state index contributed by atoms with van der Waals surface area (Å²) in [5.74, 6) is 0. The molecule has 0 unspecified atom stereocenters. The molecule has 13 heavy (non-hydrogen) atoms. The highest BCUT2D eigenvalue weighted by Gasteiger charge is 1.96. The van der Waals surface area contributed by atoms with Gasteiger partial charge < -0.3 is 4.98 Å². The number of pyridine rings is 1. The van der Waals surface area contributed by atoms with E-state index in [-0.39, 0.29) is 0 Å². The number of nitrogens with one attached hydrogen (secondary N) is 1. The molecule has 2 aromatic carbocycles. The summed E-state index contributed by atoms with van der Waals surface area (Å²) < 4.78 is 0. The number of hydrogen-bond donors (Lipinski definition) is 1. The molecule has 0 amide bonds. The van der Waals surface area contributed by atoms with Crippen LogP contribution in [0.5, 0.6) is 0 Å². The van der Waals surface area contributed by atoms with Crippen molar-refractivity contribution in [3.05, 3.63) is 48.7 Å². The normalized spacial score (nSPS) is 11.1. The maximum atomic E-state index is 3.23. The summed E-state index contributed by atoms with van der Waals surface area (Å²) in [4.78, 5) is 3.23. The van der Waals surface area contributed by atoms with E-state index < -0.39 is 0 Å². The van der Waals surface area contributed by atoms with Crippen molar-refractivity contribution in [1.82, 2.24) is 4.98 Å². The zero-order valence-corrected chi connectivity index (χ0v) is 7.12. The van der Waals surface area contributed by atoms with Crippen molar-refractivity contribution in [3.63, 3.8) is 0 Å². The van der Waals surface area contributed by atoms with Crippen LogP contribution < -0.4 is 0 Å². The fourth-order valence-electron chi connectivity index (χ4n) is 1.75. The van der Waals surface area contributed by atoms with Crippen LogP contribution in [-0.4, -0.2) is 4.98 Å². The average Bonchev–Trinajstić information content (AvgIpc) is 2.61. The van der Waals surface area contributed by atoms with Gasteiger partial charge in [-0.3, -0.25) is 0 Å². The van der Waals surface area contributed by atoms with E-state index in [1.54, 1.807) is 0 Å². The lowest BCUT2D eigenvalue weighted by Gasteiger charge is -1.97. The first-order chi connectivity index (χ1) is 6.43. The molecule has 1 N–H and O–H groups in total. The summed E-state index contributed by atoms with van der Waals surface area (Å²) in [5, 5.41) is 3.88. The van der Waals surface area contributed by atoms with Crippen LogP contribution in [0, 0.1) is 0 Å². The van der Waals surface area contributed by atoms with Gasteiger partial charge in [-0.05, 0) is 34.4 Å². The van der Waals surface area contributed by atoms with Crippen LogP contribution in [0.4, 0.5) is 0 Å². The summed E-state index contributed by atoms with van der Waals surface area (Å²) in [6, 6.07) is 14.9. The first-order valence-corrected chi connectivity index (χ1v) is 4.39. The molecule has 3 aromatic rings. The Labute approximate surface area is 76.0 Å². The van der Waals surface area contributed by atoms with Crippen LogP contribution in [0.3, 0.4) is 0 Å². The molecule has 0 spiro atoms. The van der Waals surface area contributed by atoms with Crippen molar-refractivity contribution in [1.29, 1.82) is 0 Å². The number of fused-ring (bicyclic) bond motifs is 2. The molecule has 0 bridgehead atoms. The molecular weight excluding hydrogens is 158 g/mol. The maximum absolute atomic E-state index is 3.23. The number of aromatic amines is 1. The van der Waals surface area contributed by atoms with Crippen LogP contribution in [-0.2, 0) is 0 Å². The molecule has 1 aromatic heterocycles. The van der Waals surface area contributed by atoms with Gasteiger partial charge in [0.25, 0.3) is 0 Å². The second-order valence-corrected chi connectivity index (χ2v) is 3.26. The average molecular weight is 167 g/mol. The van der Waals surface area contributed by atoms with Gasteiger partial charge in [-0.15, -0.1) is 0 Å². The minimum Gasteiger partial charge on any atom is -0.361 e. The Bertz CT molecular complexity index is 514. The number of H-pyrrole nitrogens is 1. The van der Waals surface area contributed by atoms with Gasteiger partial charge >= 0.3 is 0 Å². The predicted molar refractivity (Wildman–Crippen MR) is 55.8 cm³/mol. The van der Waals surface area contributed by atoms with Crippen LogP contribution in [0.1, 0.15) is 0 Å². The molecule has 0 aliphatic heterocycles. The Morgan fingerprint density at radius 2 is 1.54 bits per heavy atom. The Morgan fingerprint density at radius 1 is 0.769 bits per heavy atom. The first kappa shape index (κ1) is 6.72. The van der Waals surface area contributed by atoms with Gasteiger partial charge in [-0.25, -0.2) is 0 Å². The minimum absolute atomic E-state index is 1.20. The van der Waals surface area contributed by atoms with Crippen LogP contribution in [0.15, 0.2) is 48.7 Å². The molecule has 0 aliphatic rings. The van der Waals surface area contributed by atoms with E-state index in [1.807, 2.05) is 12.3 Å². The summed E-state index contributed by atoms with van der Waals surface area (Å²) in [7, 11) is 0. The smallest absolute Gasteiger partial charge is 0.0459 e. The number of hydrogen-bond acceptors (Lipinski definition) is 0. The Morgan fingerprint density at radius 3 is 2.46 bits per heavy atom. The Kier molecular flexibility index (Phi) is 1.22. The lowest BCUT2D eigenvalue weighted by Crippen LogP contribution is -1.75. The molecule has 1 nitrogen and oxygen atoms in total. The zero-order chi connectivity index (χ0) is 8.67. The molecule has 0 fully saturated rings. The molecule has 0 atom stereocenters. The Hall–Kier alpha value is -1.76. The molecule has 0 aliphatic carbocycles. The van der Waals surface area contributed by atoms with Crippen LogP contribution in [0.2, 0.25) is 0 Å². The van der Waals surface area contributed by atoms with E-state index in [9.17, 15) is 0 Å². The quantitative estimate of drug-likeness (QED) is 0.528. The van der Waals surface area contributed by atoms with Crippen molar-refractivity contribution in [3.8, 4) is 0 Å². The van der Waals surface area contributed by atoms with Gasteiger partial charge in [0, 0.05) is 11.7 Å². The predicted octanol–water partition coefficient (Wildman–Crippen LogP) is 3.32. The fraction of sp³-hybridized carbons (Fsp3) is 0. The minimum atomic E-state index is 1.20. The number of rotatable bonds is 0. The number of aromatic nitrogens is 1. The first-order valence-electron chi connectivity index (χ1n) is 4.39. The SMILES string of the molecule is c1cc2cc3ccc[nH]c3cc2c1.